The molecule has 0 radical (unpaired) electrons. The van der Waals surface area contributed by atoms with Gasteiger partial charge in [0.25, 0.3) is 0 Å². The van der Waals surface area contributed by atoms with Gasteiger partial charge in [0.15, 0.2) is 5.16 Å². The van der Waals surface area contributed by atoms with Crippen molar-refractivity contribution < 1.29 is 9.90 Å². The van der Waals surface area contributed by atoms with Gasteiger partial charge in [-0.25, -0.2) is 0 Å². The van der Waals surface area contributed by atoms with E-state index in [2.05, 4.69) is 22.0 Å². The summed E-state index contributed by atoms with van der Waals surface area (Å²) in [6.45, 7) is 5.31. The summed E-state index contributed by atoms with van der Waals surface area (Å²) in [5.41, 5.74) is 0. The molecular formula is C11H18N4O2S. The van der Waals surface area contributed by atoms with Crippen molar-refractivity contribution in [2.24, 2.45) is 0 Å². The second kappa shape index (κ2) is 6.19. The third-order valence-electron chi connectivity index (χ3n) is 3.13. The maximum Gasteiger partial charge on any atom is 0.313 e. The van der Waals surface area contributed by atoms with E-state index in [1.54, 1.807) is 6.33 Å². The second-order valence-corrected chi connectivity index (χ2v) is 5.48. The Balaban J connectivity index is 1.91. The highest BCUT2D eigenvalue weighted by molar-refractivity contribution is 7.99. The molecule has 6 nitrogen and oxygen atoms in total. The Bertz CT molecular complexity index is 404. The van der Waals surface area contributed by atoms with Gasteiger partial charge in [-0.15, -0.1) is 10.2 Å². The Kier molecular flexibility index (Phi) is 4.60. The van der Waals surface area contributed by atoms with Crippen molar-refractivity contribution in [1.82, 2.24) is 19.7 Å². The predicted molar refractivity (Wildman–Crippen MR) is 68.7 cm³/mol. The minimum absolute atomic E-state index is 0.0246. The van der Waals surface area contributed by atoms with Crippen LogP contribution in [0.4, 0.5) is 0 Å². The molecule has 2 rings (SSSR count). The van der Waals surface area contributed by atoms with Crippen LogP contribution >= 0.6 is 11.8 Å². The molecule has 1 aromatic heterocycles. The van der Waals surface area contributed by atoms with Crippen molar-refractivity contribution in [1.29, 1.82) is 0 Å². The monoisotopic (exact) mass is 270 g/mol. The van der Waals surface area contributed by atoms with Crippen molar-refractivity contribution in [2.75, 3.05) is 18.8 Å². The van der Waals surface area contributed by atoms with Gasteiger partial charge in [0.1, 0.15) is 6.33 Å². The zero-order valence-electron chi connectivity index (χ0n) is 10.4. The molecule has 100 valence electrons. The van der Waals surface area contributed by atoms with Crippen molar-refractivity contribution in [2.45, 2.75) is 37.5 Å². The van der Waals surface area contributed by atoms with Crippen LogP contribution in [-0.2, 0) is 11.3 Å². The van der Waals surface area contributed by atoms with Crippen molar-refractivity contribution in [3.05, 3.63) is 6.33 Å². The van der Waals surface area contributed by atoms with E-state index in [4.69, 9.17) is 5.11 Å². The van der Waals surface area contributed by atoms with Gasteiger partial charge in [0, 0.05) is 12.6 Å². The van der Waals surface area contributed by atoms with Gasteiger partial charge >= 0.3 is 5.97 Å². The fourth-order valence-corrected chi connectivity index (χ4v) is 2.84. The van der Waals surface area contributed by atoms with E-state index in [0.29, 0.717) is 11.2 Å². The van der Waals surface area contributed by atoms with E-state index in [1.807, 2.05) is 4.57 Å². The van der Waals surface area contributed by atoms with Crippen molar-refractivity contribution in [3.8, 4) is 0 Å². The molecule has 2 heterocycles. The summed E-state index contributed by atoms with van der Waals surface area (Å²) in [5, 5.41) is 17.2. The van der Waals surface area contributed by atoms with Gasteiger partial charge < -0.3 is 9.67 Å². The first-order valence-corrected chi connectivity index (χ1v) is 7.12. The Morgan fingerprint density at radius 2 is 2.28 bits per heavy atom. The number of aromatic nitrogens is 3. The largest absolute Gasteiger partial charge is 0.481 e. The smallest absolute Gasteiger partial charge is 0.313 e. The molecule has 1 saturated heterocycles. The summed E-state index contributed by atoms with van der Waals surface area (Å²) in [6, 6.07) is 0.438. The molecule has 1 N–H and O–H groups in total. The molecule has 0 amide bonds. The van der Waals surface area contributed by atoms with Gasteiger partial charge in [-0.1, -0.05) is 11.8 Å². The Morgan fingerprint density at radius 3 is 2.94 bits per heavy atom. The highest BCUT2D eigenvalue weighted by Crippen LogP contribution is 2.17. The molecule has 0 saturated carbocycles. The SMILES string of the molecule is CC(Cn1cnnc1SCC(=O)O)N1CCCC1. The van der Waals surface area contributed by atoms with Gasteiger partial charge in [-0.3, -0.25) is 9.69 Å². The van der Waals surface area contributed by atoms with Crippen LogP contribution in [-0.4, -0.2) is 55.6 Å². The lowest BCUT2D eigenvalue weighted by atomic mass is 10.3. The molecular weight excluding hydrogens is 252 g/mol. The molecule has 1 aromatic rings. The second-order valence-electron chi connectivity index (χ2n) is 4.54. The van der Waals surface area contributed by atoms with E-state index >= 15 is 0 Å². The van der Waals surface area contributed by atoms with Crippen LogP contribution in [0.5, 0.6) is 0 Å². The molecule has 1 aliphatic rings. The van der Waals surface area contributed by atoms with E-state index in [1.165, 1.54) is 24.6 Å². The van der Waals surface area contributed by atoms with E-state index in [-0.39, 0.29) is 5.75 Å². The van der Waals surface area contributed by atoms with Crippen LogP contribution < -0.4 is 0 Å². The highest BCUT2D eigenvalue weighted by atomic mass is 32.2. The predicted octanol–water partition coefficient (Wildman–Crippen LogP) is 0.939. The molecule has 0 spiro atoms. The number of nitrogens with zero attached hydrogens (tertiary/aromatic N) is 4. The number of aliphatic carboxylic acids is 1. The standard InChI is InChI=1S/C11H18N4O2S/c1-9(14-4-2-3-5-14)6-15-8-12-13-11(15)18-7-10(16)17/h8-9H,2-7H2,1H3,(H,16,17). The third kappa shape index (κ3) is 3.46. The molecule has 18 heavy (non-hydrogen) atoms. The van der Waals surface area contributed by atoms with Crippen LogP contribution in [0, 0.1) is 0 Å². The summed E-state index contributed by atoms with van der Waals surface area (Å²) in [6.07, 6.45) is 4.22. The maximum atomic E-state index is 10.6. The van der Waals surface area contributed by atoms with E-state index in [9.17, 15) is 4.79 Å². The number of carboxylic acids is 1. The lowest BCUT2D eigenvalue weighted by molar-refractivity contribution is -0.133. The van der Waals surface area contributed by atoms with E-state index in [0.717, 1.165) is 19.6 Å². The fourth-order valence-electron chi connectivity index (χ4n) is 2.19. The molecule has 0 bridgehead atoms. The molecule has 1 fully saturated rings. The van der Waals surface area contributed by atoms with Gasteiger partial charge in [-0.05, 0) is 32.9 Å². The highest BCUT2D eigenvalue weighted by Gasteiger charge is 2.19. The summed E-state index contributed by atoms with van der Waals surface area (Å²) in [7, 11) is 0. The number of likely N-dealkylation sites (tertiary alicyclic amines) is 1. The molecule has 0 aliphatic carbocycles. The molecule has 7 heteroatoms. The zero-order valence-corrected chi connectivity index (χ0v) is 11.3. The lowest BCUT2D eigenvalue weighted by Gasteiger charge is -2.24. The number of hydrogen-bond donors (Lipinski definition) is 1. The number of rotatable bonds is 6. The Hall–Kier alpha value is -1.08. The minimum atomic E-state index is -0.831. The lowest BCUT2D eigenvalue weighted by Crippen LogP contribution is -2.33. The summed E-state index contributed by atoms with van der Waals surface area (Å²) >= 11 is 1.22. The van der Waals surface area contributed by atoms with Crippen LogP contribution in [0.25, 0.3) is 0 Å². The minimum Gasteiger partial charge on any atom is -0.481 e. The molecule has 0 aromatic carbocycles. The molecule has 1 unspecified atom stereocenters. The number of thioether (sulfide) groups is 1. The summed E-state index contributed by atoms with van der Waals surface area (Å²) < 4.78 is 1.94. The summed E-state index contributed by atoms with van der Waals surface area (Å²) in [5.74, 6) is -0.807. The first-order valence-electron chi connectivity index (χ1n) is 6.13. The summed E-state index contributed by atoms with van der Waals surface area (Å²) in [4.78, 5) is 13.0. The topological polar surface area (TPSA) is 71.2 Å². The average molecular weight is 270 g/mol. The molecule has 1 atom stereocenters. The first-order chi connectivity index (χ1) is 8.66. The fraction of sp³-hybridized carbons (Fsp3) is 0.727. The number of hydrogen-bond acceptors (Lipinski definition) is 5. The quantitative estimate of drug-likeness (QED) is 0.776. The normalized spacial score (nSPS) is 18.1. The maximum absolute atomic E-state index is 10.6. The number of carbonyl (C=O) groups is 1. The van der Waals surface area contributed by atoms with Crippen molar-refractivity contribution >= 4 is 17.7 Å². The average Bonchev–Trinajstić information content (AvgIpc) is 2.97. The Labute approximate surface area is 110 Å². The van der Waals surface area contributed by atoms with Crippen molar-refractivity contribution in [3.63, 3.8) is 0 Å². The van der Waals surface area contributed by atoms with Crippen LogP contribution in [0.3, 0.4) is 0 Å². The first kappa shape index (κ1) is 13.4. The van der Waals surface area contributed by atoms with Crippen LogP contribution in [0.1, 0.15) is 19.8 Å². The third-order valence-corrected chi connectivity index (χ3v) is 4.10. The Morgan fingerprint density at radius 1 is 1.56 bits per heavy atom. The number of carboxylic acid groups (broad SMARTS) is 1. The molecule has 1 aliphatic heterocycles. The van der Waals surface area contributed by atoms with Gasteiger partial charge in [-0.2, -0.15) is 0 Å². The van der Waals surface area contributed by atoms with Crippen LogP contribution in [0.2, 0.25) is 0 Å². The van der Waals surface area contributed by atoms with Crippen LogP contribution in [0.15, 0.2) is 11.5 Å². The van der Waals surface area contributed by atoms with Gasteiger partial charge in [0.2, 0.25) is 0 Å². The van der Waals surface area contributed by atoms with E-state index < -0.39 is 5.97 Å². The van der Waals surface area contributed by atoms with Gasteiger partial charge in [0.05, 0.1) is 5.75 Å². The zero-order chi connectivity index (χ0) is 13.0.